The monoisotopic (exact) mass is 280 g/mol. The van der Waals surface area contributed by atoms with Crippen LogP contribution >= 0.6 is 0 Å². The molecule has 0 amide bonds. The Kier molecular flexibility index (Phi) is 4.12. The van der Waals surface area contributed by atoms with Crippen LogP contribution in [0.15, 0.2) is 54.1 Å². The largest absolute Gasteiger partial charge is 0.392 e. The fourth-order valence-electron chi connectivity index (χ4n) is 2.23. The molecule has 2 atom stereocenters. The van der Waals surface area contributed by atoms with Gasteiger partial charge in [0.15, 0.2) is 5.78 Å². The molecule has 0 saturated heterocycles. The van der Waals surface area contributed by atoms with E-state index in [-0.39, 0.29) is 12.2 Å². The minimum absolute atomic E-state index is 0.130. The van der Waals surface area contributed by atoms with Gasteiger partial charge in [-0.25, -0.2) is 0 Å². The summed E-state index contributed by atoms with van der Waals surface area (Å²) >= 11 is 0. The third-order valence-corrected chi connectivity index (χ3v) is 3.60. The second-order valence-corrected chi connectivity index (χ2v) is 4.97. The number of allylic oxidation sites excluding steroid dienone is 4. The summed E-state index contributed by atoms with van der Waals surface area (Å²) < 4.78 is 38.2. The molecule has 0 fully saturated rings. The van der Waals surface area contributed by atoms with Crippen molar-refractivity contribution in [2.45, 2.75) is 19.5 Å². The van der Waals surface area contributed by atoms with E-state index in [4.69, 9.17) is 0 Å². The van der Waals surface area contributed by atoms with Crippen LogP contribution in [0, 0.1) is 11.8 Å². The number of halogens is 3. The first-order chi connectivity index (χ1) is 9.39. The molecule has 0 heterocycles. The summed E-state index contributed by atoms with van der Waals surface area (Å²) in [4.78, 5) is 12.2. The molecule has 0 aliphatic heterocycles. The molecule has 106 valence electrons. The summed E-state index contributed by atoms with van der Waals surface area (Å²) in [6, 6.07) is 8.61. The van der Waals surface area contributed by atoms with Crippen LogP contribution in [-0.4, -0.2) is 12.0 Å². The van der Waals surface area contributed by atoms with Crippen LogP contribution in [0.5, 0.6) is 0 Å². The van der Waals surface area contributed by atoms with Gasteiger partial charge in [0.2, 0.25) is 0 Å². The summed E-state index contributed by atoms with van der Waals surface area (Å²) in [7, 11) is 0. The standard InChI is InChI=1S/C16H15F3O/c1-11(16(17,18)19)13-8-5-9-14(10-13)15(20)12-6-3-2-4-7-12/h2-9,11,13H,10H2,1H3. The number of benzene rings is 1. The molecule has 1 aliphatic carbocycles. The van der Waals surface area contributed by atoms with E-state index >= 15 is 0 Å². The fraction of sp³-hybridized carbons (Fsp3) is 0.312. The van der Waals surface area contributed by atoms with E-state index in [0.717, 1.165) is 6.92 Å². The summed E-state index contributed by atoms with van der Waals surface area (Å²) in [6.45, 7) is 1.16. The fourth-order valence-corrected chi connectivity index (χ4v) is 2.23. The van der Waals surface area contributed by atoms with Gasteiger partial charge in [0.05, 0.1) is 5.92 Å². The van der Waals surface area contributed by atoms with Gasteiger partial charge in [0, 0.05) is 11.1 Å². The lowest BCUT2D eigenvalue weighted by atomic mass is 9.82. The van der Waals surface area contributed by atoms with Gasteiger partial charge in [-0.15, -0.1) is 0 Å². The highest BCUT2D eigenvalue weighted by molar-refractivity contribution is 6.08. The van der Waals surface area contributed by atoms with Gasteiger partial charge in [0.1, 0.15) is 0 Å². The molecule has 2 unspecified atom stereocenters. The summed E-state index contributed by atoms with van der Waals surface area (Å²) in [6.07, 6.45) is 0.569. The molecule has 2 rings (SSSR count). The van der Waals surface area contributed by atoms with E-state index in [1.165, 1.54) is 6.08 Å². The van der Waals surface area contributed by atoms with Crippen LogP contribution in [-0.2, 0) is 0 Å². The lowest BCUT2D eigenvalue weighted by Gasteiger charge is -2.26. The molecule has 1 aromatic rings. The van der Waals surface area contributed by atoms with Crippen molar-refractivity contribution in [2.24, 2.45) is 11.8 Å². The maximum atomic E-state index is 12.7. The zero-order chi connectivity index (χ0) is 14.8. The Morgan fingerprint density at radius 2 is 1.90 bits per heavy atom. The Bertz CT molecular complexity index is 541. The molecular formula is C16H15F3O. The van der Waals surface area contributed by atoms with Crippen LogP contribution in [0.4, 0.5) is 13.2 Å². The van der Waals surface area contributed by atoms with Crippen LogP contribution in [0.3, 0.4) is 0 Å². The third kappa shape index (κ3) is 3.18. The number of alkyl halides is 3. The van der Waals surface area contributed by atoms with E-state index in [2.05, 4.69) is 0 Å². The topological polar surface area (TPSA) is 17.1 Å². The maximum absolute atomic E-state index is 12.7. The molecule has 0 spiro atoms. The van der Waals surface area contributed by atoms with Crippen molar-refractivity contribution < 1.29 is 18.0 Å². The Balaban J connectivity index is 2.14. The van der Waals surface area contributed by atoms with Gasteiger partial charge in [-0.3, -0.25) is 4.79 Å². The summed E-state index contributed by atoms with van der Waals surface area (Å²) in [5.41, 5.74) is 0.937. The Labute approximate surface area is 115 Å². The molecule has 0 aromatic heterocycles. The Hall–Kier alpha value is -1.84. The van der Waals surface area contributed by atoms with E-state index < -0.39 is 18.0 Å². The molecule has 4 heteroatoms. The lowest BCUT2D eigenvalue weighted by molar-refractivity contribution is -0.179. The molecule has 1 nitrogen and oxygen atoms in total. The van der Waals surface area contributed by atoms with Crippen LogP contribution in [0.2, 0.25) is 0 Å². The molecule has 0 N–H and O–H groups in total. The molecule has 0 radical (unpaired) electrons. The lowest BCUT2D eigenvalue weighted by Crippen LogP contribution is -2.28. The SMILES string of the molecule is CC(C1C=CC=C(C(=O)c2ccccc2)C1)C(F)(F)F. The minimum atomic E-state index is -4.24. The van der Waals surface area contributed by atoms with Gasteiger partial charge in [-0.05, 0) is 12.3 Å². The van der Waals surface area contributed by atoms with Crippen LogP contribution in [0.1, 0.15) is 23.7 Å². The van der Waals surface area contributed by atoms with Crippen LogP contribution < -0.4 is 0 Å². The van der Waals surface area contributed by atoms with Crippen molar-refractivity contribution in [3.05, 3.63) is 59.7 Å². The number of ketones is 1. The first-order valence-electron chi connectivity index (χ1n) is 6.43. The van der Waals surface area contributed by atoms with Gasteiger partial charge in [0.25, 0.3) is 0 Å². The molecule has 1 aliphatic rings. The predicted octanol–water partition coefficient (Wildman–Crippen LogP) is 4.57. The molecule has 1 aromatic carbocycles. The highest BCUT2D eigenvalue weighted by Gasteiger charge is 2.41. The van der Waals surface area contributed by atoms with E-state index in [1.807, 2.05) is 0 Å². The molecule has 0 bridgehead atoms. The van der Waals surface area contributed by atoms with E-state index in [9.17, 15) is 18.0 Å². The van der Waals surface area contributed by atoms with E-state index in [0.29, 0.717) is 11.1 Å². The molecular weight excluding hydrogens is 265 g/mol. The van der Waals surface area contributed by atoms with Gasteiger partial charge < -0.3 is 0 Å². The second kappa shape index (κ2) is 5.65. The quantitative estimate of drug-likeness (QED) is 0.741. The van der Waals surface area contributed by atoms with Gasteiger partial charge in [-0.1, -0.05) is 55.5 Å². The molecule has 0 saturated carbocycles. The van der Waals surface area contributed by atoms with Gasteiger partial charge >= 0.3 is 6.18 Å². The smallest absolute Gasteiger partial charge is 0.289 e. The zero-order valence-electron chi connectivity index (χ0n) is 11.0. The Morgan fingerprint density at radius 1 is 1.25 bits per heavy atom. The zero-order valence-corrected chi connectivity index (χ0v) is 11.0. The predicted molar refractivity (Wildman–Crippen MR) is 71.3 cm³/mol. The maximum Gasteiger partial charge on any atom is 0.392 e. The highest BCUT2D eigenvalue weighted by Crippen LogP contribution is 2.37. The van der Waals surface area contributed by atoms with Crippen LogP contribution in [0.25, 0.3) is 0 Å². The molecule has 20 heavy (non-hydrogen) atoms. The number of carbonyl (C=O) groups is 1. The van der Waals surface area contributed by atoms with Crippen molar-refractivity contribution in [1.82, 2.24) is 0 Å². The number of rotatable bonds is 3. The van der Waals surface area contributed by atoms with Gasteiger partial charge in [-0.2, -0.15) is 13.2 Å². The van der Waals surface area contributed by atoms with Crippen molar-refractivity contribution >= 4 is 5.78 Å². The van der Waals surface area contributed by atoms with Crippen molar-refractivity contribution in [2.75, 3.05) is 0 Å². The summed E-state index contributed by atoms with van der Waals surface area (Å²) in [5.74, 6) is -2.33. The number of Topliss-reactive ketones (excluding diaryl/α,β-unsaturated/α-hetero) is 1. The number of carbonyl (C=O) groups excluding carboxylic acids is 1. The second-order valence-electron chi connectivity index (χ2n) is 4.97. The summed E-state index contributed by atoms with van der Waals surface area (Å²) in [5, 5.41) is 0. The minimum Gasteiger partial charge on any atom is -0.289 e. The average Bonchev–Trinajstić information content (AvgIpc) is 2.46. The van der Waals surface area contributed by atoms with Crippen molar-refractivity contribution in [3.8, 4) is 0 Å². The average molecular weight is 280 g/mol. The Morgan fingerprint density at radius 3 is 2.50 bits per heavy atom. The first-order valence-corrected chi connectivity index (χ1v) is 6.43. The third-order valence-electron chi connectivity index (χ3n) is 3.60. The number of hydrogen-bond donors (Lipinski definition) is 0. The highest BCUT2D eigenvalue weighted by atomic mass is 19.4. The van der Waals surface area contributed by atoms with Crippen molar-refractivity contribution in [1.29, 1.82) is 0 Å². The first kappa shape index (κ1) is 14.6. The van der Waals surface area contributed by atoms with E-state index in [1.54, 1.807) is 42.5 Å². The van der Waals surface area contributed by atoms with Crippen molar-refractivity contribution in [3.63, 3.8) is 0 Å². The normalized spacial score (nSPS) is 20.4. The number of hydrogen-bond acceptors (Lipinski definition) is 1.